The summed E-state index contributed by atoms with van der Waals surface area (Å²) in [6.07, 6.45) is 6.41. The highest BCUT2D eigenvalue weighted by molar-refractivity contribution is 7.15. The molecule has 4 aromatic rings. The molecule has 1 aliphatic rings. The summed E-state index contributed by atoms with van der Waals surface area (Å²) in [6, 6.07) is 14.8. The van der Waals surface area contributed by atoms with Crippen LogP contribution in [0.2, 0.25) is 0 Å². The third-order valence-corrected chi connectivity index (χ3v) is 6.24. The molecule has 5 rings (SSSR count). The van der Waals surface area contributed by atoms with Gasteiger partial charge in [-0.1, -0.05) is 12.1 Å². The molecule has 0 radical (unpaired) electrons. The highest BCUT2D eigenvalue weighted by Gasteiger charge is 2.19. The molecule has 0 amide bonds. The molecule has 0 atom stereocenters. The lowest BCUT2D eigenvalue weighted by Gasteiger charge is -2.27. The Morgan fingerprint density at radius 3 is 2.62 bits per heavy atom. The normalized spacial score (nSPS) is 14.0. The predicted molar refractivity (Wildman–Crippen MR) is 113 cm³/mol. The van der Waals surface area contributed by atoms with E-state index in [1.807, 2.05) is 30.5 Å². The molecular weight excluding hydrogens is 383 g/mol. The monoisotopic (exact) mass is 402 g/mol. The summed E-state index contributed by atoms with van der Waals surface area (Å²) < 4.78 is 13.1. The minimum absolute atomic E-state index is 0.202. The van der Waals surface area contributed by atoms with E-state index in [4.69, 9.17) is 4.98 Å². The van der Waals surface area contributed by atoms with Crippen molar-refractivity contribution >= 4 is 11.3 Å². The number of halogens is 1. The smallest absolute Gasteiger partial charge is 0.159 e. The van der Waals surface area contributed by atoms with Gasteiger partial charge >= 0.3 is 0 Å². The Balaban J connectivity index is 1.29. The molecule has 144 valence electrons. The first-order chi connectivity index (χ1) is 14.2. The molecule has 4 nitrogen and oxygen atoms in total. The molecule has 4 heterocycles. The summed E-state index contributed by atoms with van der Waals surface area (Å²) in [5.41, 5.74) is 4.39. The molecule has 0 fully saturated rings. The zero-order valence-electron chi connectivity index (χ0n) is 15.8. The van der Waals surface area contributed by atoms with Gasteiger partial charge in [-0.3, -0.25) is 9.88 Å². The van der Waals surface area contributed by atoms with E-state index in [2.05, 4.69) is 27.0 Å². The van der Waals surface area contributed by atoms with Crippen LogP contribution in [-0.4, -0.2) is 26.4 Å². The maximum Gasteiger partial charge on any atom is 0.159 e. The van der Waals surface area contributed by atoms with Crippen LogP contribution in [0.25, 0.3) is 21.8 Å². The van der Waals surface area contributed by atoms with E-state index in [9.17, 15) is 4.39 Å². The van der Waals surface area contributed by atoms with Gasteiger partial charge in [0.1, 0.15) is 5.82 Å². The first-order valence-corrected chi connectivity index (χ1v) is 10.4. The van der Waals surface area contributed by atoms with E-state index < -0.39 is 0 Å². The average Bonchev–Trinajstić information content (AvgIpc) is 3.23. The van der Waals surface area contributed by atoms with Gasteiger partial charge in [-0.2, -0.15) is 0 Å². The van der Waals surface area contributed by atoms with Crippen LogP contribution in [0.4, 0.5) is 4.39 Å². The van der Waals surface area contributed by atoms with Crippen molar-refractivity contribution < 1.29 is 4.39 Å². The fraction of sp³-hybridized carbons (Fsp3) is 0.174. The largest absolute Gasteiger partial charge is 0.293 e. The Hall–Kier alpha value is -2.96. The molecule has 0 saturated heterocycles. The molecule has 6 heteroatoms. The molecule has 0 saturated carbocycles. The third kappa shape index (κ3) is 3.95. The van der Waals surface area contributed by atoms with Crippen LogP contribution >= 0.6 is 11.3 Å². The number of benzene rings is 1. The Kier molecular flexibility index (Phi) is 4.87. The predicted octanol–water partition coefficient (Wildman–Crippen LogP) is 4.96. The maximum absolute atomic E-state index is 13.1. The Morgan fingerprint density at radius 1 is 0.966 bits per heavy atom. The topological polar surface area (TPSA) is 41.9 Å². The van der Waals surface area contributed by atoms with Gasteiger partial charge < -0.3 is 0 Å². The summed E-state index contributed by atoms with van der Waals surface area (Å²) in [5.74, 6) is 0.564. The highest BCUT2D eigenvalue weighted by atomic mass is 32.1. The molecular formula is C23H19FN4S. The average molecular weight is 402 g/mol. The van der Waals surface area contributed by atoms with Crippen LogP contribution in [0.3, 0.4) is 0 Å². The van der Waals surface area contributed by atoms with Crippen LogP contribution in [0.5, 0.6) is 0 Å². The Labute approximate surface area is 172 Å². The van der Waals surface area contributed by atoms with Crippen LogP contribution in [-0.2, 0) is 19.5 Å². The van der Waals surface area contributed by atoms with Gasteiger partial charge in [-0.05, 0) is 42.0 Å². The minimum Gasteiger partial charge on any atom is -0.293 e. The van der Waals surface area contributed by atoms with Crippen LogP contribution < -0.4 is 0 Å². The molecule has 29 heavy (non-hydrogen) atoms. The van der Waals surface area contributed by atoms with Gasteiger partial charge in [0.2, 0.25) is 0 Å². The van der Waals surface area contributed by atoms with Crippen molar-refractivity contribution in [3.8, 4) is 21.8 Å². The fourth-order valence-corrected chi connectivity index (χ4v) is 4.66. The summed E-state index contributed by atoms with van der Waals surface area (Å²) in [4.78, 5) is 18.3. The van der Waals surface area contributed by atoms with Crippen molar-refractivity contribution in [2.75, 3.05) is 6.54 Å². The van der Waals surface area contributed by atoms with Gasteiger partial charge in [0.15, 0.2) is 5.82 Å². The molecule has 0 aliphatic carbocycles. The van der Waals surface area contributed by atoms with Crippen molar-refractivity contribution in [1.29, 1.82) is 0 Å². The van der Waals surface area contributed by atoms with Gasteiger partial charge in [0.25, 0.3) is 0 Å². The zero-order valence-corrected chi connectivity index (χ0v) is 16.6. The molecule has 1 aromatic carbocycles. The van der Waals surface area contributed by atoms with Crippen molar-refractivity contribution in [3.63, 3.8) is 0 Å². The standard InChI is InChI=1S/C23H19FN4S/c24-19-3-1-16(2-4-19)22-6-5-20(29-22)15-28-12-9-21-18(14-28)13-26-23(27-21)17-7-10-25-11-8-17/h1-8,10-11,13H,9,12,14-15H2. The van der Waals surface area contributed by atoms with Crippen molar-refractivity contribution in [2.24, 2.45) is 0 Å². The second kappa shape index (κ2) is 7.81. The summed E-state index contributed by atoms with van der Waals surface area (Å²) in [6.45, 7) is 2.73. The number of rotatable bonds is 4. The van der Waals surface area contributed by atoms with E-state index in [1.54, 1.807) is 23.7 Å². The molecule has 1 aliphatic heterocycles. The van der Waals surface area contributed by atoms with Crippen LogP contribution in [0, 0.1) is 5.82 Å². The van der Waals surface area contributed by atoms with Crippen molar-refractivity contribution in [2.45, 2.75) is 19.5 Å². The summed E-state index contributed by atoms with van der Waals surface area (Å²) in [7, 11) is 0. The lowest BCUT2D eigenvalue weighted by molar-refractivity contribution is 0.245. The van der Waals surface area contributed by atoms with E-state index >= 15 is 0 Å². The lowest BCUT2D eigenvalue weighted by Crippen LogP contribution is -2.30. The number of hydrogen-bond donors (Lipinski definition) is 0. The lowest BCUT2D eigenvalue weighted by atomic mass is 10.1. The van der Waals surface area contributed by atoms with E-state index in [0.717, 1.165) is 48.7 Å². The van der Waals surface area contributed by atoms with Gasteiger partial charge in [0.05, 0.1) is 5.69 Å². The number of hydrogen-bond acceptors (Lipinski definition) is 5. The first-order valence-electron chi connectivity index (χ1n) is 9.57. The van der Waals surface area contributed by atoms with E-state index in [0.29, 0.717) is 0 Å². The van der Waals surface area contributed by atoms with E-state index in [-0.39, 0.29) is 5.82 Å². The van der Waals surface area contributed by atoms with Crippen molar-refractivity contribution in [3.05, 3.63) is 89.1 Å². The van der Waals surface area contributed by atoms with Gasteiger partial charge in [-0.15, -0.1) is 11.3 Å². The summed E-state index contributed by atoms with van der Waals surface area (Å²) in [5, 5.41) is 0. The summed E-state index contributed by atoms with van der Waals surface area (Å²) >= 11 is 1.77. The highest BCUT2D eigenvalue weighted by Crippen LogP contribution is 2.30. The minimum atomic E-state index is -0.202. The number of pyridine rings is 1. The Bertz CT molecular complexity index is 1130. The molecule has 0 N–H and O–H groups in total. The molecule has 0 bridgehead atoms. The number of nitrogens with zero attached hydrogens (tertiary/aromatic N) is 4. The quantitative estimate of drug-likeness (QED) is 0.484. The number of thiophene rings is 1. The zero-order chi connectivity index (χ0) is 19.6. The van der Waals surface area contributed by atoms with Gasteiger partial charge in [-0.25, -0.2) is 14.4 Å². The molecule has 3 aromatic heterocycles. The number of aromatic nitrogens is 3. The maximum atomic E-state index is 13.1. The molecule has 0 spiro atoms. The fourth-order valence-electron chi connectivity index (χ4n) is 3.60. The third-order valence-electron chi connectivity index (χ3n) is 5.12. The SMILES string of the molecule is Fc1ccc(-c2ccc(CN3CCc4nc(-c5ccncc5)ncc4C3)s2)cc1. The van der Waals surface area contributed by atoms with E-state index in [1.165, 1.54) is 27.5 Å². The number of fused-ring (bicyclic) bond motifs is 1. The molecule has 0 unspecified atom stereocenters. The van der Waals surface area contributed by atoms with Crippen LogP contribution in [0.1, 0.15) is 16.1 Å². The first kappa shape index (κ1) is 18.1. The Morgan fingerprint density at radius 2 is 1.79 bits per heavy atom. The van der Waals surface area contributed by atoms with Crippen molar-refractivity contribution in [1.82, 2.24) is 19.9 Å². The van der Waals surface area contributed by atoms with Gasteiger partial charge in [0, 0.05) is 65.5 Å². The van der Waals surface area contributed by atoms with Crippen LogP contribution in [0.15, 0.2) is 67.1 Å². The second-order valence-corrected chi connectivity index (χ2v) is 8.30. The second-order valence-electron chi connectivity index (χ2n) is 7.13.